The summed E-state index contributed by atoms with van der Waals surface area (Å²) in [7, 11) is 0. The van der Waals surface area contributed by atoms with E-state index < -0.39 is 11.6 Å². The van der Waals surface area contributed by atoms with Gasteiger partial charge in [0.2, 0.25) is 0 Å². The highest BCUT2D eigenvalue weighted by molar-refractivity contribution is 5.79. The van der Waals surface area contributed by atoms with E-state index in [1.807, 2.05) is 25.1 Å². The number of aliphatic carboxylic acids is 1. The molecule has 1 atom stereocenters. The fourth-order valence-electron chi connectivity index (χ4n) is 1.75. The number of carboxylic acids is 1. The standard InChI is InChI=1S/C14H18O3/c1-3-5-11-17-14(4-2,13(15)16)12-9-7-6-8-10-12/h3,6-10H,1,4-5,11H2,2H3,(H,15,16). The van der Waals surface area contributed by atoms with Crippen molar-refractivity contribution in [3.63, 3.8) is 0 Å². The number of carboxylic acid groups (broad SMARTS) is 1. The van der Waals surface area contributed by atoms with Gasteiger partial charge < -0.3 is 9.84 Å². The van der Waals surface area contributed by atoms with Gasteiger partial charge >= 0.3 is 5.97 Å². The Bertz CT molecular complexity index is 372. The Hall–Kier alpha value is -1.61. The van der Waals surface area contributed by atoms with Gasteiger partial charge in [-0.25, -0.2) is 4.79 Å². The van der Waals surface area contributed by atoms with E-state index in [4.69, 9.17) is 4.74 Å². The number of ether oxygens (including phenoxy) is 1. The minimum Gasteiger partial charge on any atom is -0.479 e. The highest BCUT2D eigenvalue weighted by Gasteiger charge is 2.39. The lowest BCUT2D eigenvalue weighted by Gasteiger charge is -2.28. The van der Waals surface area contributed by atoms with E-state index >= 15 is 0 Å². The fourth-order valence-corrected chi connectivity index (χ4v) is 1.75. The summed E-state index contributed by atoms with van der Waals surface area (Å²) in [5.74, 6) is -0.949. The molecule has 3 heteroatoms. The van der Waals surface area contributed by atoms with Gasteiger partial charge in [0.25, 0.3) is 0 Å². The van der Waals surface area contributed by atoms with Gasteiger partial charge in [-0.15, -0.1) is 6.58 Å². The maximum absolute atomic E-state index is 11.5. The maximum Gasteiger partial charge on any atom is 0.340 e. The second kappa shape index (κ2) is 6.21. The van der Waals surface area contributed by atoms with Crippen LogP contribution < -0.4 is 0 Å². The highest BCUT2D eigenvalue weighted by Crippen LogP contribution is 2.30. The van der Waals surface area contributed by atoms with Crippen LogP contribution in [-0.2, 0) is 15.1 Å². The van der Waals surface area contributed by atoms with Crippen molar-refractivity contribution in [1.82, 2.24) is 0 Å². The van der Waals surface area contributed by atoms with Crippen LogP contribution in [0.1, 0.15) is 25.3 Å². The number of hydrogen-bond acceptors (Lipinski definition) is 2. The van der Waals surface area contributed by atoms with Crippen molar-refractivity contribution in [2.75, 3.05) is 6.61 Å². The molecule has 0 saturated heterocycles. The minimum atomic E-state index is -1.25. The van der Waals surface area contributed by atoms with Gasteiger partial charge in [0.1, 0.15) is 0 Å². The van der Waals surface area contributed by atoms with Crippen molar-refractivity contribution < 1.29 is 14.6 Å². The van der Waals surface area contributed by atoms with Crippen molar-refractivity contribution in [1.29, 1.82) is 0 Å². The average molecular weight is 234 g/mol. The molecule has 0 aliphatic rings. The summed E-state index contributed by atoms with van der Waals surface area (Å²) in [6.07, 6.45) is 2.75. The number of hydrogen-bond donors (Lipinski definition) is 1. The van der Waals surface area contributed by atoms with E-state index in [1.165, 1.54) is 0 Å². The molecule has 1 aromatic rings. The Morgan fingerprint density at radius 2 is 2.12 bits per heavy atom. The molecule has 0 aliphatic heterocycles. The van der Waals surface area contributed by atoms with E-state index in [0.29, 0.717) is 25.0 Å². The lowest BCUT2D eigenvalue weighted by molar-refractivity contribution is -0.168. The Balaban J connectivity index is 3.00. The van der Waals surface area contributed by atoms with Gasteiger partial charge in [-0.1, -0.05) is 43.3 Å². The number of benzene rings is 1. The molecule has 0 saturated carbocycles. The quantitative estimate of drug-likeness (QED) is 0.582. The SMILES string of the molecule is C=CCCOC(CC)(C(=O)O)c1ccccc1. The van der Waals surface area contributed by atoms with Crippen molar-refractivity contribution in [2.45, 2.75) is 25.4 Å². The first-order chi connectivity index (χ1) is 8.17. The first-order valence-corrected chi connectivity index (χ1v) is 5.71. The molecular formula is C14H18O3. The molecule has 1 rings (SSSR count). The molecule has 0 radical (unpaired) electrons. The van der Waals surface area contributed by atoms with Crippen LogP contribution >= 0.6 is 0 Å². The second-order valence-corrected chi connectivity index (χ2v) is 3.78. The van der Waals surface area contributed by atoms with E-state index in [9.17, 15) is 9.90 Å². The van der Waals surface area contributed by atoms with E-state index in [1.54, 1.807) is 18.2 Å². The zero-order valence-corrected chi connectivity index (χ0v) is 10.1. The Kier molecular flexibility index (Phi) is 4.91. The predicted octanol–water partition coefficient (Wildman–Crippen LogP) is 2.97. The van der Waals surface area contributed by atoms with Crippen LogP contribution in [0, 0.1) is 0 Å². The zero-order chi connectivity index (χ0) is 12.7. The van der Waals surface area contributed by atoms with Gasteiger partial charge in [0.05, 0.1) is 6.61 Å². The van der Waals surface area contributed by atoms with E-state index in [-0.39, 0.29) is 0 Å². The summed E-state index contributed by atoms with van der Waals surface area (Å²) < 4.78 is 5.60. The monoisotopic (exact) mass is 234 g/mol. The summed E-state index contributed by atoms with van der Waals surface area (Å²) in [5.41, 5.74) is -0.566. The Labute approximate surface area is 102 Å². The van der Waals surface area contributed by atoms with E-state index in [2.05, 4.69) is 6.58 Å². The maximum atomic E-state index is 11.5. The summed E-state index contributed by atoms with van der Waals surface area (Å²) in [6, 6.07) is 9.06. The molecular weight excluding hydrogens is 216 g/mol. The smallest absolute Gasteiger partial charge is 0.340 e. The summed E-state index contributed by atoms with van der Waals surface area (Å²) in [5, 5.41) is 9.43. The highest BCUT2D eigenvalue weighted by atomic mass is 16.5. The zero-order valence-electron chi connectivity index (χ0n) is 10.1. The topological polar surface area (TPSA) is 46.5 Å². The first-order valence-electron chi connectivity index (χ1n) is 5.71. The van der Waals surface area contributed by atoms with Gasteiger partial charge in [0.15, 0.2) is 5.60 Å². The molecule has 92 valence electrons. The Morgan fingerprint density at radius 1 is 1.47 bits per heavy atom. The molecule has 0 aliphatic carbocycles. The van der Waals surface area contributed by atoms with Gasteiger partial charge in [-0.3, -0.25) is 0 Å². The van der Waals surface area contributed by atoms with Crippen molar-refractivity contribution >= 4 is 5.97 Å². The van der Waals surface area contributed by atoms with Crippen LogP contribution in [0.3, 0.4) is 0 Å². The second-order valence-electron chi connectivity index (χ2n) is 3.78. The molecule has 1 N–H and O–H groups in total. The van der Waals surface area contributed by atoms with Gasteiger partial charge in [-0.05, 0) is 18.4 Å². The fraction of sp³-hybridized carbons (Fsp3) is 0.357. The predicted molar refractivity (Wildman–Crippen MR) is 66.8 cm³/mol. The first kappa shape index (κ1) is 13.5. The molecule has 0 spiro atoms. The van der Waals surface area contributed by atoms with Crippen LogP contribution in [0.2, 0.25) is 0 Å². The van der Waals surface area contributed by atoms with Crippen LogP contribution in [0.25, 0.3) is 0 Å². The molecule has 17 heavy (non-hydrogen) atoms. The van der Waals surface area contributed by atoms with Crippen LogP contribution in [-0.4, -0.2) is 17.7 Å². The van der Waals surface area contributed by atoms with Crippen molar-refractivity contribution in [2.24, 2.45) is 0 Å². The van der Waals surface area contributed by atoms with Crippen LogP contribution in [0.4, 0.5) is 0 Å². The van der Waals surface area contributed by atoms with Gasteiger partial charge in [-0.2, -0.15) is 0 Å². The molecule has 0 heterocycles. The molecule has 0 bridgehead atoms. The number of carbonyl (C=O) groups is 1. The third kappa shape index (κ3) is 2.94. The summed E-state index contributed by atoms with van der Waals surface area (Å²) in [4.78, 5) is 11.5. The molecule has 0 fully saturated rings. The van der Waals surface area contributed by atoms with Crippen molar-refractivity contribution in [3.05, 3.63) is 48.6 Å². The molecule has 1 aromatic carbocycles. The lowest BCUT2D eigenvalue weighted by atomic mass is 9.91. The number of rotatable bonds is 7. The lowest BCUT2D eigenvalue weighted by Crippen LogP contribution is -2.38. The molecule has 3 nitrogen and oxygen atoms in total. The van der Waals surface area contributed by atoms with E-state index in [0.717, 1.165) is 0 Å². The van der Waals surface area contributed by atoms with Gasteiger partial charge in [0, 0.05) is 0 Å². The largest absolute Gasteiger partial charge is 0.479 e. The molecule has 0 amide bonds. The molecule has 0 aromatic heterocycles. The summed E-state index contributed by atoms with van der Waals surface area (Å²) in [6.45, 7) is 5.77. The third-order valence-corrected chi connectivity index (χ3v) is 2.75. The normalized spacial score (nSPS) is 13.9. The van der Waals surface area contributed by atoms with Crippen LogP contribution in [0.5, 0.6) is 0 Å². The third-order valence-electron chi connectivity index (χ3n) is 2.75. The van der Waals surface area contributed by atoms with Crippen molar-refractivity contribution in [3.8, 4) is 0 Å². The Morgan fingerprint density at radius 3 is 2.59 bits per heavy atom. The minimum absolute atomic E-state index is 0.360. The van der Waals surface area contributed by atoms with Crippen LogP contribution in [0.15, 0.2) is 43.0 Å². The average Bonchev–Trinajstić information content (AvgIpc) is 2.36. The summed E-state index contributed by atoms with van der Waals surface area (Å²) >= 11 is 0. The molecule has 1 unspecified atom stereocenters.